The summed E-state index contributed by atoms with van der Waals surface area (Å²) in [6.07, 6.45) is 1.46. The van der Waals surface area contributed by atoms with Crippen LogP contribution in [0.4, 0.5) is 0 Å². The van der Waals surface area contributed by atoms with Gasteiger partial charge in [-0.2, -0.15) is 5.10 Å². The third-order valence-electron chi connectivity index (χ3n) is 3.23. The predicted octanol–water partition coefficient (Wildman–Crippen LogP) is 1.78. The zero-order chi connectivity index (χ0) is 15.7. The standard InChI is InChI=1S/C15H13N3O3S/c1-11-4-6-12(7-5-11)22(20,21)18-10-2-3-14(18)13-8-9-15(19)17-16-13/h2-10H,1H3,(H,17,19). The van der Waals surface area contributed by atoms with Crippen molar-refractivity contribution in [3.63, 3.8) is 0 Å². The summed E-state index contributed by atoms with van der Waals surface area (Å²) in [6, 6.07) is 12.7. The molecule has 0 atom stereocenters. The van der Waals surface area contributed by atoms with Crippen LogP contribution >= 0.6 is 0 Å². The van der Waals surface area contributed by atoms with E-state index in [1.165, 1.54) is 18.3 Å². The topological polar surface area (TPSA) is 84.8 Å². The van der Waals surface area contributed by atoms with E-state index in [0.717, 1.165) is 9.54 Å². The molecule has 3 aromatic rings. The Labute approximate surface area is 127 Å². The maximum absolute atomic E-state index is 12.7. The largest absolute Gasteiger partial charge is 0.268 e. The first kappa shape index (κ1) is 14.3. The van der Waals surface area contributed by atoms with Gasteiger partial charge < -0.3 is 0 Å². The molecule has 0 spiro atoms. The molecule has 0 unspecified atom stereocenters. The van der Waals surface area contributed by atoms with Crippen LogP contribution < -0.4 is 5.56 Å². The summed E-state index contributed by atoms with van der Waals surface area (Å²) < 4.78 is 26.6. The predicted molar refractivity (Wildman–Crippen MR) is 82.0 cm³/mol. The van der Waals surface area contributed by atoms with E-state index >= 15 is 0 Å². The summed E-state index contributed by atoms with van der Waals surface area (Å²) in [5, 5.41) is 6.18. The lowest BCUT2D eigenvalue weighted by Gasteiger charge is -2.10. The van der Waals surface area contributed by atoms with Gasteiger partial charge in [0.1, 0.15) is 5.69 Å². The van der Waals surface area contributed by atoms with Crippen LogP contribution in [0.25, 0.3) is 11.4 Å². The highest BCUT2D eigenvalue weighted by atomic mass is 32.2. The zero-order valence-electron chi connectivity index (χ0n) is 11.7. The normalized spacial score (nSPS) is 11.5. The summed E-state index contributed by atoms with van der Waals surface area (Å²) in [5.41, 5.74) is 1.40. The minimum absolute atomic E-state index is 0.194. The minimum Gasteiger partial charge on any atom is -0.268 e. The van der Waals surface area contributed by atoms with Crippen LogP contribution in [0.2, 0.25) is 0 Å². The van der Waals surface area contributed by atoms with Gasteiger partial charge in [0.15, 0.2) is 0 Å². The highest BCUT2D eigenvalue weighted by Gasteiger charge is 2.20. The summed E-state index contributed by atoms with van der Waals surface area (Å²) in [4.78, 5) is 11.3. The second-order valence-corrected chi connectivity index (χ2v) is 6.63. The number of hydrogen-bond acceptors (Lipinski definition) is 4. The molecule has 0 radical (unpaired) electrons. The number of nitrogens with one attached hydrogen (secondary N) is 1. The van der Waals surface area contributed by atoms with Gasteiger partial charge in [0.05, 0.1) is 10.6 Å². The van der Waals surface area contributed by atoms with Gasteiger partial charge in [-0.25, -0.2) is 17.5 Å². The van der Waals surface area contributed by atoms with E-state index in [4.69, 9.17) is 0 Å². The Morgan fingerprint density at radius 3 is 2.41 bits per heavy atom. The van der Waals surface area contributed by atoms with E-state index in [2.05, 4.69) is 10.2 Å². The van der Waals surface area contributed by atoms with Gasteiger partial charge in [-0.1, -0.05) is 17.7 Å². The Kier molecular flexibility index (Phi) is 3.42. The van der Waals surface area contributed by atoms with Crippen LogP contribution in [0.1, 0.15) is 5.56 Å². The molecule has 0 amide bonds. The lowest BCUT2D eigenvalue weighted by Crippen LogP contribution is -2.14. The van der Waals surface area contributed by atoms with Gasteiger partial charge in [0.25, 0.3) is 15.6 Å². The lowest BCUT2D eigenvalue weighted by molar-refractivity contribution is 0.588. The second kappa shape index (κ2) is 5.27. The maximum atomic E-state index is 12.7. The summed E-state index contributed by atoms with van der Waals surface area (Å²) in [5.74, 6) is 0. The number of benzene rings is 1. The average molecular weight is 315 g/mol. The zero-order valence-corrected chi connectivity index (χ0v) is 12.5. The molecule has 7 heteroatoms. The smallest absolute Gasteiger partial charge is 0.268 e. The van der Waals surface area contributed by atoms with E-state index < -0.39 is 10.0 Å². The first-order chi connectivity index (χ1) is 10.5. The molecule has 2 aromatic heterocycles. The van der Waals surface area contributed by atoms with Crippen molar-refractivity contribution in [3.05, 3.63) is 70.6 Å². The number of aryl methyl sites for hydroxylation is 1. The molecule has 1 N–H and O–H groups in total. The molecule has 0 aliphatic heterocycles. The molecular weight excluding hydrogens is 302 g/mol. The van der Waals surface area contributed by atoms with Crippen LogP contribution in [0.15, 0.2) is 64.4 Å². The Morgan fingerprint density at radius 2 is 1.77 bits per heavy atom. The third kappa shape index (κ3) is 2.46. The van der Waals surface area contributed by atoms with Gasteiger partial charge >= 0.3 is 0 Å². The molecule has 0 saturated carbocycles. The Morgan fingerprint density at radius 1 is 1.05 bits per heavy atom. The number of rotatable bonds is 3. The van der Waals surface area contributed by atoms with E-state index in [-0.39, 0.29) is 10.5 Å². The third-order valence-corrected chi connectivity index (χ3v) is 4.94. The van der Waals surface area contributed by atoms with Crippen molar-refractivity contribution in [1.29, 1.82) is 0 Å². The minimum atomic E-state index is -3.72. The molecule has 112 valence electrons. The first-order valence-corrected chi connectivity index (χ1v) is 7.98. The van der Waals surface area contributed by atoms with Crippen LogP contribution in [-0.2, 0) is 10.0 Å². The van der Waals surface area contributed by atoms with Gasteiger partial charge in [-0.15, -0.1) is 0 Å². The quantitative estimate of drug-likeness (QED) is 0.798. The molecule has 0 fully saturated rings. The number of aromatic nitrogens is 3. The van der Waals surface area contributed by atoms with Crippen molar-refractivity contribution in [2.75, 3.05) is 0 Å². The van der Waals surface area contributed by atoms with Crippen LogP contribution in [0, 0.1) is 6.92 Å². The fraction of sp³-hybridized carbons (Fsp3) is 0.0667. The maximum Gasteiger partial charge on any atom is 0.268 e. The Balaban J connectivity index is 2.13. The fourth-order valence-electron chi connectivity index (χ4n) is 2.08. The first-order valence-electron chi connectivity index (χ1n) is 6.54. The average Bonchev–Trinajstić information content (AvgIpc) is 2.99. The molecule has 0 aliphatic rings. The van der Waals surface area contributed by atoms with E-state index in [0.29, 0.717) is 11.4 Å². The van der Waals surface area contributed by atoms with Crippen molar-refractivity contribution < 1.29 is 8.42 Å². The van der Waals surface area contributed by atoms with Crippen molar-refractivity contribution in [2.24, 2.45) is 0 Å². The number of nitrogens with zero attached hydrogens (tertiary/aromatic N) is 2. The van der Waals surface area contributed by atoms with Crippen LogP contribution in [0.3, 0.4) is 0 Å². The van der Waals surface area contributed by atoms with E-state index in [1.807, 2.05) is 6.92 Å². The molecular formula is C15H13N3O3S. The van der Waals surface area contributed by atoms with Crippen molar-refractivity contribution in [2.45, 2.75) is 11.8 Å². The Hall–Kier alpha value is -2.67. The van der Waals surface area contributed by atoms with Gasteiger partial charge in [-0.05, 0) is 37.3 Å². The van der Waals surface area contributed by atoms with Crippen LogP contribution in [-0.4, -0.2) is 22.6 Å². The highest BCUT2D eigenvalue weighted by molar-refractivity contribution is 7.90. The highest BCUT2D eigenvalue weighted by Crippen LogP contribution is 2.23. The molecule has 0 bridgehead atoms. The second-order valence-electron chi connectivity index (χ2n) is 4.81. The molecule has 6 nitrogen and oxygen atoms in total. The molecule has 3 rings (SSSR count). The number of H-pyrrole nitrogens is 1. The van der Waals surface area contributed by atoms with Crippen molar-refractivity contribution in [1.82, 2.24) is 14.2 Å². The summed E-state index contributed by atoms with van der Waals surface area (Å²) >= 11 is 0. The number of aromatic amines is 1. The van der Waals surface area contributed by atoms with Gasteiger partial charge in [0.2, 0.25) is 0 Å². The SMILES string of the molecule is Cc1ccc(S(=O)(=O)n2cccc2-c2ccc(=O)[nH]n2)cc1. The number of hydrogen-bond donors (Lipinski definition) is 1. The van der Waals surface area contributed by atoms with E-state index in [9.17, 15) is 13.2 Å². The Bertz CT molecular complexity index is 949. The van der Waals surface area contributed by atoms with Crippen molar-refractivity contribution in [3.8, 4) is 11.4 Å². The van der Waals surface area contributed by atoms with Gasteiger partial charge in [0, 0.05) is 12.3 Å². The molecule has 0 aliphatic carbocycles. The lowest BCUT2D eigenvalue weighted by atomic mass is 10.2. The van der Waals surface area contributed by atoms with E-state index in [1.54, 1.807) is 36.4 Å². The molecule has 1 aromatic carbocycles. The molecule has 0 saturated heterocycles. The fourth-order valence-corrected chi connectivity index (χ4v) is 3.44. The monoisotopic (exact) mass is 315 g/mol. The van der Waals surface area contributed by atoms with Crippen LogP contribution in [0.5, 0.6) is 0 Å². The molecule has 2 heterocycles. The molecule has 22 heavy (non-hydrogen) atoms. The summed E-state index contributed by atoms with van der Waals surface area (Å²) in [7, 11) is -3.72. The van der Waals surface area contributed by atoms with Crippen molar-refractivity contribution >= 4 is 10.0 Å². The van der Waals surface area contributed by atoms with Gasteiger partial charge in [-0.3, -0.25) is 4.79 Å². The summed E-state index contributed by atoms with van der Waals surface area (Å²) in [6.45, 7) is 1.89.